The highest BCUT2D eigenvalue weighted by Crippen LogP contribution is 2.40. The Morgan fingerprint density at radius 1 is 1.28 bits per heavy atom. The molecule has 1 aromatic heterocycles. The van der Waals surface area contributed by atoms with Gasteiger partial charge in [0.05, 0.1) is 17.8 Å². The summed E-state index contributed by atoms with van der Waals surface area (Å²) in [4.78, 5) is 0. The predicted octanol–water partition coefficient (Wildman–Crippen LogP) is 3.95. The van der Waals surface area contributed by atoms with Gasteiger partial charge in [0, 0.05) is 11.8 Å². The van der Waals surface area contributed by atoms with Crippen molar-refractivity contribution in [3.63, 3.8) is 0 Å². The number of nitrogens with zero attached hydrogens (tertiary/aromatic N) is 3. The van der Waals surface area contributed by atoms with E-state index in [0.717, 1.165) is 22.2 Å². The summed E-state index contributed by atoms with van der Waals surface area (Å²) < 4.78 is 17.9. The van der Waals surface area contributed by atoms with E-state index < -0.39 is 0 Å². The Kier molecular flexibility index (Phi) is 4.42. The number of halogens is 1. The SMILES string of the molecule is COc1cccc(-n2cnnc2SCc2cc(Cl)c3c(c2)OCO3)c1. The van der Waals surface area contributed by atoms with Crippen LogP contribution in [-0.4, -0.2) is 28.7 Å². The third-order valence-corrected chi connectivity index (χ3v) is 5.00. The molecule has 3 aromatic rings. The van der Waals surface area contributed by atoms with Crippen molar-refractivity contribution < 1.29 is 14.2 Å². The van der Waals surface area contributed by atoms with Crippen LogP contribution in [0.15, 0.2) is 47.9 Å². The lowest BCUT2D eigenvalue weighted by Gasteiger charge is -2.08. The Balaban J connectivity index is 1.55. The summed E-state index contributed by atoms with van der Waals surface area (Å²) in [6.45, 7) is 0.204. The second-order valence-electron chi connectivity index (χ2n) is 5.29. The van der Waals surface area contributed by atoms with Gasteiger partial charge in [-0.1, -0.05) is 29.4 Å². The molecule has 1 aliphatic heterocycles. The van der Waals surface area contributed by atoms with E-state index in [-0.39, 0.29) is 6.79 Å². The van der Waals surface area contributed by atoms with Gasteiger partial charge in [0.15, 0.2) is 16.7 Å². The molecule has 25 heavy (non-hydrogen) atoms. The predicted molar refractivity (Wildman–Crippen MR) is 95.0 cm³/mol. The highest BCUT2D eigenvalue weighted by atomic mass is 35.5. The van der Waals surface area contributed by atoms with E-state index in [0.29, 0.717) is 22.3 Å². The number of ether oxygens (including phenoxy) is 3. The number of methoxy groups -OCH3 is 1. The molecule has 8 heteroatoms. The van der Waals surface area contributed by atoms with Gasteiger partial charge in [-0.2, -0.15) is 0 Å². The zero-order valence-electron chi connectivity index (χ0n) is 13.3. The smallest absolute Gasteiger partial charge is 0.231 e. The van der Waals surface area contributed by atoms with Crippen molar-refractivity contribution in [3.05, 3.63) is 53.3 Å². The van der Waals surface area contributed by atoms with Gasteiger partial charge < -0.3 is 14.2 Å². The van der Waals surface area contributed by atoms with E-state index in [1.54, 1.807) is 25.2 Å². The Labute approximate surface area is 153 Å². The van der Waals surface area contributed by atoms with Crippen molar-refractivity contribution in [2.45, 2.75) is 10.9 Å². The molecule has 0 saturated carbocycles. The van der Waals surface area contributed by atoms with Crippen LogP contribution >= 0.6 is 23.4 Å². The highest BCUT2D eigenvalue weighted by Gasteiger charge is 2.18. The van der Waals surface area contributed by atoms with Crippen LogP contribution in [0.25, 0.3) is 5.69 Å². The molecule has 6 nitrogen and oxygen atoms in total. The molecule has 0 unspecified atom stereocenters. The van der Waals surface area contributed by atoms with Crippen LogP contribution in [-0.2, 0) is 5.75 Å². The van der Waals surface area contributed by atoms with Crippen LogP contribution in [0.2, 0.25) is 5.02 Å². The number of hydrogen-bond donors (Lipinski definition) is 0. The topological polar surface area (TPSA) is 58.4 Å². The summed E-state index contributed by atoms with van der Waals surface area (Å²) in [5.41, 5.74) is 1.97. The molecule has 0 amide bonds. The molecule has 0 N–H and O–H groups in total. The summed E-state index contributed by atoms with van der Waals surface area (Å²) in [6.07, 6.45) is 1.68. The zero-order valence-corrected chi connectivity index (χ0v) is 14.9. The van der Waals surface area contributed by atoms with Gasteiger partial charge in [0.2, 0.25) is 6.79 Å². The Hall–Kier alpha value is -2.38. The maximum absolute atomic E-state index is 6.23. The first-order valence-corrected chi connectivity index (χ1v) is 8.86. The van der Waals surface area contributed by atoms with Crippen LogP contribution in [0, 0.1) is 0 Å². The van der Waals surface area contributed by atoms with Gasteiger partial charge in [-0.25, -0.2) is 0 Å². The first-order chi connectivity index (χ1) is 12.2. The van der Waals surface area contributed by atoms with Crippen molar-refractivity contribution >= 4 is 23.4 Å². The quantitative estimate of drug-likeness (QED) is 0.629. The Morgan fingerprint density at radius 3 is 3.08 bits per heavy atom. The normalized spacial score (nSPS) is 12.4. The molecule has 0 radical (unpaired) electrons. The summed E-state index contributed by atoms with van der Waals surface area (Å²) in [5, 5.41) is 9.56. The molecule has 0 aliphatic carbocycles. The average Bonchev–Trinajstić information content (AvgIpc) is 3.29. The number of thioether (sulfide) groups is 1. The van der Waals surface area contributed by atoms with Gasteiger partial charge in [0.25, 0.3) is 0 Å². The second-order valence-corrected chi connectivity index (χ2v) is 6.63. The van der Waals surface area contributed by atoms with Gasteiger partial charge in [0.1, 0.15) is 12.1 Å². The molecule has 0 fully saturated rings. The van der Waals surface area contributed by atoms with Crippen LogP contribution in [0.5, 0.6) is 17.2 Å². The van der Waals surface area contributed by atoms with E-state index in [4.69, 9.17) is 25.8 Å². The maximum atomic E-state index is 6.23. The number of rotatable bonds is 5. The summed E-state index contributed by atoms with van der Waals surface area (Å²) in [7, 11) is 1.64. The molecule has 0 saturated heterocycles. The van der Waals surface area contributed by atoms with E-state index in [9.17, 15) is 0 Å². The lowest BCUT2D eigenvalue weighted by atomic mass is 10.2. The fraction of sp³-hybridized carbons (Fsp3) is 0.176. The lowest BCUT2D eigenvalue weighted by Crippen LogP contribution is -1.96. The highest BCUT2D eigenvalue weighted by molar-refractivity contribution is 7.98. The fourth-order valence-electron chi connectivity index (χ4n) is 2.51. The standard InChI is InChI=1S/C17H14ClN3O3S/c1-22-13-4-2-3-12(7-13)21-9-19-20-17(21)25-8-11-5-14(18)16-15(6-11)23-10-24-16/h2-7,9H,8,10H2,1H3. The molecule has 2 heterocycles. The minimum atomic E-state index is 0.204. The lowest BCUT2D eigenvalue weighted by molar-refractivity contribution is 0.174. The molecule has 128 valence electrons. The summed E-state index contributed by atoms with van der Waals surface area (Å²) in [5.74, 6) is 2.75. The number of benzene rings is 2. The molecular formula is C17H14ClN3O3S. The molecule has 0 atom stereocenters. The Bertz CT molecular complexity index is 916. The molecule has 2 aromatic carbocycles. The van der Waals surface area contributed by atoms with Crippen molar-refractivity contribution in [1.29, 1.82) is 0 Å². The third-order valence-electron chi connectivity index (χ3n) is 3.70. The minimum absolute atomic E-state index is 0.204. The van der Waals surface area contributed by atoms with Crippen LogP contribution in [0.3, 0.4) is 0 Å². The number of fused-ring (bicyclic) bond motifs is 1. The first-order valence-electron chi connectivity index (χ1n) is 7.50. The molecule has 0 spiro atoms. The second kappa shape index (κ2) is 6.85. The van der Waals surface area contributed by atoms with Gasteiger partial charge in [-0.05, 0) is 29.8 Å². The largest absolute Gasteiger partial charge is 0.497 e. The van der Waals surface area contributed by atoms with Gasteiger partial charge in [-0.15, -0.1) is 10.2 Å². The minimum Gasteiger partial charge on any atom is -0.497 e. The van der Waals surface area contributed by atoms with Crippen molar-refractivity contribution in [3.8, 4) is 22.9 Å². The first kappa shape index (κ1) is 16.1. The van der Waals surface area contributed by atoms with Gasteiger partial charge in [-0.3, -0.25) is 4.57 Å². The van der Waals surface area contributed by atoms with Gasteiger partial charge >= 0.3 is 0 Å². The van der Waals surface area contributed by atoms with Crippen molar-refractivity contribution in [2.75, 3.05) is 13.9 Å². The Morgan fingerprint density at radius 2 is 2.20 bits per heavy atom. The molecule has 1 aliphatic rings. The fourth-order valence-corrected chi connectivity index (χ4v) is 3.66. The third kappa shape index (κ3) is 3.25. The molecule has 4 rings (SSSR count). The van der Waals surface area contributed by atoms with E-state index in [1.807, 2.05) is 41.0 Å². The molecular weight excluding hydrogens is 362 g/mol. The van der Waals surface area contributed by atoms with Crippen LogP contribution in [0.4, 0.5) is 0 Å². The number of hydrogen-bond acceptors (Lipinski definition) is 6. The van der Waals surface area contributed by atoms with Crippen molar-refractivity contribution in [1.82, 2.24) is 14.8 Å². The summed E-state index contributed by atoms with van der Waals surface area (Å²) in [6, 6.07) is 11.6. The van der Waals surface area contributed by atoms with E-state index in [2.05, 4.69) is 10.2 Å². The van der Waals surface area contributed by atoms with Crippen LogP contribution in [0.1, 0.15) is 5.56 Å². The average molecular weight is 376 g/mol. The van der Waals surface area contributed by atoms with E-state index >= 15 is 0 Å². The van der Waals surface area contributed by atoms with Crippen molar-refractivity contribution in [2.24, 2.45) is 0 Å². The number of aromatic nitrogens is 3. The van der Waals surface area contributed by atoms with E-state index in [1.165, 1.54) is 0 Å². The van der Waals surface area contributed by atoms with Crippen LogP contribution < -0.4 is 14.2 Å². The maximum Gasteiger partial charge on any atom is 0.231 e. The summed E-state index contributed by atoms with van der Waals surface area (Å²) >= 11 is 7.80. The molecule has 0 bridgehead atoms. The monoisotopic (exact) mass is 375 g/mol. The zero-order chi connectivity index (χ0) is 17.2.